The molecule has 0 atom stereocenters. The molecule has 0 fully saturated rings. The molecule has 26 heavy (non-hydrogen) atoms. The Morgan fingerprint density at radius 2 is 1.58 bits per heavy atom. The van der Waals surface area contributed by atoms with Crippen molar-refractivity contribution in [3.8, 4) is 0 Å². The molecule has 142 valence electrons. The van der Waals surface area contributed by atoms with Crippen LogP contribution in [-0.4, -0.2) is 34.0 Å². The summed E-state index contributed by atoms with van der Waals surface area (Å²) in [6.45, 7) is 4.21. The van der Waals surface area contributed by atoms with Crippen molar-refractivity contribution in [3.05, 3.63) is 60.2 Å². The van der Waals surface area contributed by atoms with Crippen molar-refractivity contribution in [3.63, 3.8) is 0 Å². The van der Waals surface area contributed by atoms with Crippen LogP contribution in [0.3, 0.4) is 0 Å². The molecule has 0 aliphatic heterocycles. The molecule has 0 unspecified atom stereocenters. The number of halogens is 1. The minimum atomic E-state index is -3.67. The van der Waals surface area contributed by atoms with Gasteiger partial charge in [-0.05, 0) is 49.4 Å². The third-order valence-electron chi connectivity index (χ3n) is 3.47. The number of carbonyl (C=O) groups is 1. The van der Waals surface area contributed by atoms with Gasteiger partial charge in [0.2, 0.25) is 0 Å². The second kappa shape index (κ2) is 10.8. The van der Waals surface area contributed by atoms with Crippen molar-refractivity contribution in [2.75, 3.05) is 24.4 Å². The minimum absolute atomic E-state index is 0. The molecular formula is C18H24ClN3O3S. The molecule has 0 heterocycles. The second-order valence-corrected chi connectivity index (χ2v) is 7.18. The molecule has 3 N–H and O–H groups in total. The number of anilines is 1. The van der Waals surface area contributed by atoms with Gasteiger partial charge in [-0.25, -0.2) is 8.42 Å². The third-order valence-corrected chi connectivity index (χ3v) is 4.86. The van der Waals surface area contributed by atoms with Crippen LogP contribution in [0, 0.1) is 0 Å². The van der Waals surface area contributed by atoms with E-state index in [0.717, 1.165) is 13.0 Å². The van der Waals surface area contributed by atoms with E-state index >= 15 is 0 Å². The molecule has 0 aliphatic rings. The maximum Gasteiger partial charge on any atom is 0.261 e. The first kappa shape index (κ1) is 22.0. The molecular weight excluding hydrogens is 374 g/mol. The van der Waals surface area contributed by atoms with Gasteiger partial charge in [0.05, 0.1) is 4.90 Å². The van der Waals surface area contributed by atoms with Crippen LogP contribution >= 0.6 is 12.4 Å². The first-order valence-corrected chi connectivity index (χ1v) is 9.68. The van der Waals surface area contributed by atoms with E-state index < -0.39 is 10.0 Å². The van der Waals surface area contributed by atoms with E-state index in [1.54, 1.807) is 24.3 Å². The van der Waals surface area contributed by atoms with E-state index in [9.17, 15) is 13.2 Å². The summed E-state index contributed by atoms with van der Waals surface area (Å²) < 4.78 is 27.2. The lowest BCUT2D eigenvalue weighted by Crippen LogP contribution is -2.32. The molecule has 1 amide bonds. The minimum Gasteiger partial charge on any atom is -0.351 e. The van der Waals surface area contributed by atoms with Crippen molar-refractivity contribution in [2.24, 2.45) is 0 Å². The maximum atomic E-state index is 12.3. The zero-order valence-corrected chi connectivity index (χ0v) is 16.2. The van der Waals surface area contributed by atoms with Crippen molar-refractivity contribution in [1.29, 1.82) is 0 Å². The summed E-state index contributed by atoms with van der Waals surface area (Å²) in [5.74, 6) is -0.224. The van der Waals surface area contributed by atoms with E-state index in [4.69, 9.17) is 0 Å². The van der Waals surface area contributed by atoms with Crippen LogP contribution < -0.4 is 15.4 Å². The van der Waals surface area contributed by atoms with Crippen molar-refractivity contribution >= 4 is 34.0 Å². The largest absolute Gasteiger partial charge is 0.351 e. The van der Waals surface area contributed by atoms with Crippen LogP contribution in [0.4, 0.5) is 5.69 Å². The quantitative estimate of drug-likeness (QED) is 0.567. The van der Waals surface area contributed by atoms with Gasteiger partial charge in [0.15, 0.2) is 0 Å². The highest BCUT2D eigenvalue weighted by atomic mass is 35.5. The summed E-state index contributed by atoms with van der Waals surface area (Å²) in [7, 11) is -3.67. The summed E-state index contributed by atoms with van der Waals surface area (Å²) in [4.78, 5) is 12.1. The summed E-state index contributed by atoms with van der Waals surface area (Å²) in [6, 6.07) is 14.5. The van der Waals surface area contributed by atoms with Crippen LogP contribution in [0.1, 0.15) is 23.7 Å². The molecule has 0 bridgehead atoms. The van der Waals surface area contributed by atoms with Crippen molar-refractivity contribution in [1.82, 2.24) is 10.6 Å². The van der Waals surface area contributed by atoms with Crippen LogP contribution in [0.15, 0.2) is 59.5 Å². The smallest absolute Gasteiger partial charge is 0.261 e. The molecule has 0 aliphatic carbocycles. The molecule has 2 aromatic carbocycles. The number of sulfonamides is 1. The Kier molecular flexibility index (Phi) is 9.12. The number of rotatable bonds is 9. The second-order valence-electron chi connectivity index (χ2n) is 5.50. The maximum absolute atomic E-state index is 12.3. The van der Waals surface area contributed by atoms with Crippen molar-refractivity contribution in [2.45, 2.75) is 18.2 Å². The summed E-state index contributed by atoms with van der Waals surface area (Å²) >= 11 is 0. The fourth-order valence-corrected chi connectivity index (χ4v) is 3.23. The Morgan fingerprint density at radius 1 is 0.923 bits per heavy atom. The van der Waals surface area contributed by atoms with Gasteiger partial charge in [0, 0.05) is 24.3 Å². The van der Waals surface area contributed by atoms with Gasteiger partial charge in [0.25, 0.3) is 15.9 Å². The fourth-order valence-electron chi connectivity index (χ4n) is 2.17. The predicted octanol–water partition coefficient (Wildman–Crippen LogP) is 2.64. The summed E-state index contributed by atoms with van der Waals surface area (Å²) in [6.07, 6.45) is 1.04. The Hall–Kier alpha value is -2.09. The van der Waals surface area contributed by atoms with E-state index in [1.165, 1.54) is 24.3 Å². The molecule has 0 saturated carbocycles. The van der Waals surface area contributed by atoms with E-state index in [2.05, 4.69) is 22.3 Å². The zero-order chi connectivity index (χ0) is 18.1. The van der Waals surface area contributed by atoms with E-state index in [-0.39, 0.29) is 23.2 Å². The highest BCUT2D eigenvalue weighted by Gasteiger charge is 2.15. The van der Waals surface area contributed by atoms with Gasteiger partial charge >= 0.3 is 0 Å². The van der Waals surface area contributed by atoms with E-state index in [1.807, 2.05) is 6.07 Å². The lowest BCUT2D eigenvalue weighted by molar-refractivity contribution is 0.0954. The number of carbonyl (C=O) groups excluding carboxylic acids is 1. The Balaban J connectivity index is 0.00000338. The van der Waals surface area contributed by atoms with Gasteiger partial charge in [-0.1, -0.05) is 25.1 Å². The highest BCUT2D eigenvalue weighted by Crippen LogP contribution is 2.16. The number of hydrogen-bond donors (Lipinski definition) is 3. The van der Waals surface area contributed by atoms with Gasteiger partial charge in [-0.3, -0.25) is 9.52 Å². The molecule has 0 radical (unpaired) electrons. The summed E-state index contributed by atoms with van der Waals surface area (Å²) in [5, 5.41) is 5.98. The first-order valence-electron chi connectivity index (χ1n) is 8.20. The summed E-state index contributed by atoms with van der Waals surface area (Å²) in [5.41, 5.74) is 0.915. The Bertz CT molecular complexity index is 781. The average Bonchev–Trinajstić information content (AvgIpc) is 2.62. The lowest BCUT2D eigenvalue weighted by atomic mass is 10.2. The normalized spacial score (nSPS) is 10.7. The van der Waals surface area contributed by atoms with Gasteiger partial charge in [-0.2, -0.15) is 0 Å². The van der Waals surface area contributed by atoms with E-state index in [0.29, 0.717) is 24.3 Å². The van der Waals surface area contributed by atoms with Crippen LogP contribution in [0.25, 0.3) is 0 Å². The first-order chi connectivity index (χ1) is 12.0. The molecule has 0 saturated heterocycles. The van der Waals surface area contributed by atoms with Crippen molar-refractivity contribution < 1.29 is 13.2 Å². The number of hydrogen-bond acceptors (Lipinski definition) is 4. The highest BCUT2D eigenvalue weighted by molar-refractivity contribution is 7.92. The SMILES string of the molecule is CCCNCCNC(=O)c1ccc(S(=O)(=O)Nc2ccccc2)cc1.Cl. The van der Waals surface area contributed by atoms with Gasteiger partial charge in [0.1, 0.15) is 0 Å². The molecule has 2 aromatic rings. The number of benzene rings is 2. The zero-order valence-electron chi connectivity index (χ0n) is 14.6. The number of para-hydroxylation sites is 1. The Labute approximate surface area is 160 Å². The third kappa shape index (κ3) is 6.67. The fraction of sp³-hybridized carbons (Fsp3) is 0.278. The van der Waals surface area contributed by atoms with Gasteiger partial charge < -0.3 is 10.6 Å². The monoisotopic (exact) mass is 397 g/mol. The molecule has 0 aromatic heterocycles. The standard InChI is InChI=1S/C18H23N3O3S.ClH/c1-2-12-19-13-14-20-18(22)15-8-10-17(11-9-15)25(23,24)21-16-6-4-3-5-7-16;/h3-11,19,21H,2,12-14H2,1H3,(H,20,22);1H. The lowest BCUT2D eigenvalue weighted by Gasteiger charge is -2.09. The van der Waals surface area contributed by atoms with Crippen LogP contribution in [-0.2, 0) is 10.0 Å². The van der Waals surface area contributed by atoms with Crippen LogP contribution in [0.2, 0.25) is 0 Å². The number of nitrogens with one attached hydrogen (secondary N) is 3. The molecule has 2 rings (SSSR count). The molecule has 8 heteroatoms. The average molecular weight is 398 g/mol. The predicted molar refractivity (Wildman–Crippen MR) is 106 cm³/mol. The molecule has 6 nitrogen and oxygen atoms in total. The molecule has 0 spiro atoms. The Morgan fingerprint density at radius 3 is 2.19 bits per heavy atom. The van der Waals surface area contributed by atoms with Crippen LogP contribution in [0.5, 0.6) is 0 Å². The number of amides is 1. The van der Waals surface area contributed by atoms with Gasteiger partial charge in [-0.15, -0.1) is 12.4 Å². The topological polar surface area (TPSA) is 87.3 Å².